The molecule has 136 valence electrons. The minimum atomic E-state index is -4.57. The summed E-state index contributed by atoms with van der Waals surface area (Å²) in [7, 11) is 0. The van der Waals surface area contributed by atoms with Gasteiger partial charge in [0, 0.05) is 12.3 Å². The second-order valence-electron chi connectivity index (χ2n) is 5.53. The molecule has 0 saturated carbocycles. The largest absolute Gasteiger partial charge is 0.493 e. The first-order chi connectivity index (χ1) is 11.2. The number of halogens is 3. The van der Waals surface area contributed by atoms with E-state index in [1.807, 2.05) is 6.92 Å². The van der Waals surface area contributed by atoms with Gasteiger partial charge in [0.25, 0.3) is 5.91 Å². The average Bonchev–Trinajstić information content (AvgIpc) is 2.53. The number of amides is 1. The summed E-state index contributed by atoms with van der Waals surface area (Å²) in [6, 6.07) is 3.46. The highest BCUT2D eigenvalue weighted by atomic mass is 19.4. The van der Waals surface area contributed by atoms with Crippen molar-refractivity contribution in [2.75, 3.05) is 18.5 Å². The maximum atomic E-state index is 13.1. The third-order valence-corrected chi connectivity index (χ3v) is 3.62. The van der Waals surface area contributed by atoms with Gasteiger partial charge in [-0.2, -0.15) is 13.2 Å². The van der Waals surface area contributed by atoms with Crippen LogP contribution in [0.5, 0.6) is 5.75 Å². The van der Waals surface area contributed by atoms with Gasteiger partial charge in [0.1, 0.15) is 11.4 Å². The molecule has 0 heterocycles. The number of ether oxygens (including phenoxy) is 2. The molecule has 0 spiro atoms. The quantitative estimate of drug-likeness (QED) is 0.745. The van der Waals surface area contributed by atoms with E-state index in [2.05, 4.69) is 5.32 Å². The number of carbonyl (C=O) groups is 1. The predicted molar refractivity (Wildman–Crippen MR) is 86.2 cm³/mol. The fourth-order valence-electron chi connectivity index (χ4n) is 2.03. The minimum absolute atomic E-state index is 0.0514. The van der Waals surface area contributed by atoms with E-state index in [4.69, 9.17) is 9.47 Å². The Labute approximate surface area is 140 Å². The first-order valence-electron chi connectivity index (χ1n) is 7.97. The number of carbonyl (C=O) groups excluding carboxylic acids is 1. The average molecular weight is 347 g/mol. The van der Waals surface area contributed by atoms with Crippen molar-refractivity contribution in [2.45, 2.75) is 52.3 Å². The molecule has 1 atom stereocenters. The molecule has 1 aromatic carbocycles. The van der Waals surface area contributed by atoms with Crippen LogP contribution in [-0.4, -0.2) is 24.7 Å². The number of alkyl halides is 3. The van der Waals surface area contributed by atoms with E-state index in [1.54, 1.807) is 20.8 Å². The molecular formula is C17H24F3NO3. The van der Waals surface area contributed by atoms with Crippen LogP contribution in [0.2, 0.25) is 0 Å². The van der Waals surface area contributed by atoms with E-state index in [9.17, 15) is 18.0 Å². The summed E-state index contributed by atoms with van der Waals surface area (Å²) in [6.07, 6.45) is -3.43. The number of hydrogen-bond donors (Lipinski definition) is 1. The lowest BCUT2D eigenvalue weighted by Crippen LogP contribution is -2.42. The maximum absolute atomic E-state index is 13.1. The van der Waals surface area contributed by atoms with Gasteiger partial charge in [-0.15, -0.1) is 0 Å². The molecule has 7 heteroatoms. The van der Waals surface area contributed by atoms with Gasteiger partial charge < -0.3 is 14.8 Å². The highest BCUT2D eigenvalue weighted by Crippen LogP contribution is 2.38. The molecule has 0 radical (unpaired) electrons. The molecule has 0 saturated heterocycles. The summed E-state index contributed by atoms with van der Waals surface area (Å²) in [5.41, 5.74) is -1.96. The molecule has 1 amide bonds. The standard InChI is InChI=1S/C17H24F3NO3/c1-5-10-24-16(4,6-2)15(22)21-12-8-9-14(23-7-3)13(11-12)17(18,19)20/h8-9,11H,5-7,10H2,1-4H3,(H,21,22)/t16-/m0/s1. The number of anilines is 1. The van der Waals surface area contributed by atoms with E-state index in [0.717, 1.165) is 12.5 Å². The Kier molecular flexibility index (Phi) is 7.08. The molecule has 1 aromatic rings. The lowest BCUT2D eigenvalue weighted by Gasteiger charge is -2.27. The first-order valence-corrected chi connectivity index (χ1v) is 7.97. The van der Waals surface area contributed by atoms with Crippen LogP contribution >= 0.6 is 0 Å². The lowest BCUT2D eigenvalue weighted by atomic mass is 10.0. The van der Waals surface area contributed by atoms with E-state index >= 15 is 0 Å². The number of benzene rings is 1. The van der Waals surface area contributed by atoms with E-state index in [-0.39, 0.29) is 18.0 Å². The Balaban J connectivity index is 3.04. The molecule has 1 N–H and O–H groups in total. The smallest absolute Gasteiger partial charge is 0.420 e. The SMILES string of the molecule is CCCO[C@@](C)(CC)C(=O)Nc1ccc(OCC)c(C(F)(F)F)c1. The van der Waals surface area contributed by atoms with E-state index in [1.165, 1.54) is 12.1 Å². The fraction of sp³-hybridized carbons (Fsp3) is 0.588. The molecule has 1 rings (SSSR count). The third-order valence-electron chi connectivity index (χ3n) is 3.62. The zero-order chi connectivity index (χ0) is 18.4. The van der Waals surface area contributed by atoms with Crippen molar-refractivity contribution in [3.8, 4) is 5.75 Å². The highest BCUT2D eigenvalue weighted by molar-refractivity contribution is 5.97. The summed E-state index contributed by atoms with van der Waals surface area (Å²) >= 11 is 0. The van der Waals surface area contributed by atoms with Crippen LogP contribution in [0.4, 0.5) is 18.9 Å². The molecular weight excluding hydrogens is 323 g/mol. The van der Waals surface area contributed by atoms with Crippen LogP contribution in [0.1, 0.15) is 46.1 Å². The van der Waals surface area contributed by atoms with Gasteiger partial charge in [0.05, 0.1) is 12.2 Å². The molecule has 0 fully saturated rings. The van der Waals surface area contributed by atoms with Crippen molar-refractivity contribution >= 4 is 11.6 Å². The van der Waals surface area contributed by atoms with Crippen molar-refractivity contribution in [1.82, 2.24) is 0 Å². The summed E-state index contributed by atoms with van der Waals surface area (Å²) in [6.45, 7) is 7.44. The van der Waals surface area contributed by atoms with Gasteiger partial charge in [0.15, 0.2) is 0 Å². The zero-order valence-electron chi connectivity index (χ0n) is 14.4. The van der Waals surface area contributed by atoms with Crippen molar-refractivity contribution in [1.29, 1.82) is 0 Å². The molecule has 0 aliphatic heterocycles. The van der Waals surface area contributed by atoms with Crippen molar-refractivity contribution in [3.05, 3.63) is 23.8 Å². The monoisotopic (exact) mass is 347 g/mol. The van der Waals surface area contributed by atoms with Crippen LogP contribution in [0.25, 0.3) is 0 Å². The second kappa shape index (κ2) is 8.37. The number of rotatable bonds is 8. The van der Waals surface area contributed by atoms with Gasteiger partial charge in [-0.3, -0.25) is 4.79 Å². The predicted octanol–water partition coefficient (Wildman–Crippen LogP) is 4.64. The van der Waals surface area contributed by atoms with Crippen molar-refractivity contribution in [3.63, 3.8) is 0 Å². The Morgan fingerprint density at radius 1 is 1.21 bits per heavy atom. The summed E-state index contributed by atoms with van der Waals surface area (Å²) in [4.78, 5) is 12.4. The minimum Gasteiger partial charge on any atom is -0.493 e. The van der Waals surface area contributed by atoms with Crippen LogP contribution in [-0.2, 0) is 15.7 Å². The lowest BCUT2D eigenvalue weighted by molar-refractivity contribution is -0.140. The Hall–Kier alpha value is -1.76. The van der Waals surface area contributed by atoms with Crippen LogP contribution in [0.3, 0.4) is 0 Å². The van der Waals surface area contributed by atoms with E-state index in [0.29, 0.717) is 13.0 Å². The number of nitrogens with one attached hydrogen (secondary N) is 1. The highest BCUT2D eigenvalue weighted by Gasteiger charge is 2.36. The molecule has 0 unspecified atom stereocenters. The number of hydrogen-bond acceptors (Lipinski definition) is 3. The molecule has 0 aliphatic rings. The topological polar surface area (TPSA) is 47.6 Å². The van der Waals surface area contributed by atoms with Gasteiger partial charge in [-0.1, -0.05) is 13.8 Å². The molecule has 4 nitrogen and oxygen atoms in total. The van der Waals surface area contributed by atoms with Crippen LogP contribution < -0.4 is 10.1 Å². The van der Waals surface area contributed by atoms with Crippen molar-refractivity contribution < 1.29 is 27.4 Å². The maximum Gasteiger partial charge on any atom is 0.420 e. The van der Waals surface area contributed by atoms with Gasteiger partial charge in [0.2, 0.25) is 0 Å². The van der Waals surface area contributed by atoms with Crippen LogP contribution in [0.15, 0.2) is 18.2 Å². The summed E-state index contributed by atoms with van der Waals surface area (Å²) in [5, 5.41) is 2.50. The fourth-order valence-corrected chi connectivity index (χ4v) is 2.03. The molecule has 0 aromatic heterocycles. The first kappa shape index (κ1) is 20.3. The Morgan fingerprint density at radius 2 is 1.88 bits per heavy atom. The summed E-state index contributed by atoms with van der Waals surface area (Å²) < 4.78 is 50.0. The second-order valence-corrected chi connectivity index (χ2v) is 5.53. The Morgan fingerprint density at radius 3 is 2.38 bits per heavy atom. The Bertz CT molecular complexity index is 561. The van der Waals surface area contributed by atoms with Gasteiger partial charge >= 0.3 is 6.18 Å². The third kappa shape index (κ3) is 5.12. The van der Waals surface area contributed by atoms with Gasteiger partial charge in [-0.05, 0) is 44.9 Å². The molecule has 24 heavy (non-hydrogen) atoms. The normalized spacial score (nSPS) is 14.1. The summed E-state index contributed by atoms with van der Waals surface area (Å²) in [5.74, 6) is -0.737. The molecule has 0 bridgehead atoms. The zero-order valence-corrected chi connectivity index (χ0v) is 14.4. The van der Waals surface area contributed by atoms with Crippen molar-refractivity contribution in [2.24, 2.45) is 0 Å². The van der Waals surface area contributed by atoms with E-state index < -0.39 is 23.2 Å². The van der Waals surface area contributed by atoms with Crippen LogP contribution in [0, 0.1) is 0 Å². The van der Waals surface area contributed by atoms with Gasteiger partial charge in [-0.25, -0.2) is 0 Å². The molecule has 0 aliphatic carbocycles.